The Balaban J connectivity index is 1.78. The summed E-state index contributed by atoms with van der Waals surface area (Å²) in [6.45, 7) is 6.01. The van der Waals surface area contributed by atoms with Gasteiger partial charge in [0.1, 0.15) is 11.1 Å². The first-order chi connectivity index (χ1) is 11.6. The van der Waals surface area contributed by atoms with Crippen molar-refractivity contribution in [3.63, 3.8) is 0 Å². The molecule has 1 aliphatic heterocycles. The highest BCUT2D eigenvalue weighted by Gasteiger charge is 2.29. The minimum atomic E-state index is -0.395. The zero-order valence-corrected chi connectivity index (χ0v) is 15.1. The lowest BCUT2D eigenvalue weighted by molar-refractivity contribution is -0.145. The molecule has 0 saturated carbocycles. The van der Waals surface area contributed by atoms with Crippen molar-refractivity contribution in [2.45, 2.75) is 26.0 Å². The third kappa shape index (κ3) is 3.50. The lowest BCUT2D eigenvalue weighted by atomic mass is 10.2. The fourth-order valence-corrected chi connectivity index (χ4v) is 3.98. The van der Waals surface area contributed by atoms with Crippen LogP contribution in [0, 0.1) is 6.92 Å². The zero-order chi connectivity index (χ0) is 17.1. The van der Waals surface area contributed by atoms with Crippen molar-refractivity contribution in [1.29, 1.82) is 0 Å². The van der Waals surface area contributed by atoms with Gasteiger partial charge in [-0.15, -0.1) is 11.3 Å². The Labute approximate surface area is 146 Å². The number of carbonyl (C=O) groups is 1. The molecule has 0 aliphatic carbocycles. The number of carbonyl (C=O) groups excluding carboxylic acids is 1. The van der Waals surface area contributed by atoms with Crippen LogP contribution in [0.4, 0.5) is 0 Å². The quantitative estimate of drug-likeness (QED) is 0.925. The van der Waals surface area contributed by atoms with Gasteiger partial charge in [-0.1, -0.05) is 30.3 Å². The molecule has 2 aromatic rings. The molecule has 2 unspecified atom stereocenters. The van der Waals surface area contributed by atoms with Crippen molar-refractivity contribution >= 4 is 17.2 Å². The number of thiazole rings is 1. The molecule has 24 heavy (non-hydrogen) atoms. The van der Waals surface area contributed by atoms with E-state index >= 15 is 0 Å². The third-order valence-corrected chi connectivity index (χ3v) is 5.74. The van der Waals surface area contributed by atoms with E-state index in [1.807, 2.05) is 39.1 Å². The number of rotatable bonds is 4. The number of morpholine rings is 1. The van der Waals surface area contributed by atoms with Gasteiger partial charge in [0.15, 0.2) is 0 Å². The summed E-state index contributed by atoms with van der Waals surface area (Å²) >= 11 is 1.65. The van der Waals surface area contributed by atoms with Gasteiger partial charge in [0.2, 0.25) is 0 Å². The van der Waals surface area contributed by atoms with Crippen LogP contribution in [0.2, 0.25) is 0 Å². The summed E-state index contributed by atoms with van der Waals surface area (Å²) in [5.41, 5.74) is 2.09. The highest BCUT2D eigenvalue weighted by Crippen LogP contribution is 2.34. The Morgan fingerprint density at radius 3 is 2.83 bits per heavy atom. The summed E-state index contributed by atoms with van der Waals surface area (Å²) in [6, 6.07) is 10.1. The molecule has 1 aliphatic rings. The van der Waals surface area contributed by atoms with E-state index < -0.39 is 6.10 Å². The second kappa shape index (κ2) is 7.42. The third-order valence-electron chi connectivity index (χ3n) is 4.36. The van der Waals surface area contributed by atoms with Crippen LogP contribution >= 0.6 is 11.3 Å². The second-order valence-corrected chi connectivity index (χ2v) is 7.05. The Kier molecular flexibility index (Phi) is 5.28. The van der Waals surface area contributed by atoms with Crippen molar-refractivity contribution in [3.8, 4) is 10.6 Å². The van der Waals surface area contributed by atoms with Gasteiger partial charge in [-0.3, -0.25) is 4.79 Å². The van der Waals surface area contributed by atoms with Gasteiger partial charge in [-0.2, -0.15) is 0 Å². The van der Waals surface area contributed by atoms with E-state index in [2.05, 4.69) is 17.4 Å². The molecule has 5 nitrogen and oxygen atoms in total. The molecule has 6 heteroatoms. The van der Waals surface area contributed by atoms with Crippen molar-refractivity contribution in [2.75, 3.05) is 26.7 Å². The van der Waals surface area contributed by atoms with Crippen LogP contribution in [0.25, 0.3) is 10.6 Å². The van der Waals surface area contributed by atoms with E-state index in [9.17, 15) is 4.79 Å². The maximum absolute atomic E-state index is 12.6. The zero-order valence-electron chi connectivity index (χ0n) is 14.3. The number of nitrogens with zero attached hydrogens (tertiary/aromatic N) is 2. The number of hydrogen-bond acceptors (Lipinski definition) is 5. The molecule has 2 atom stereocenters. The first-order valence-electron chi connectivity index (χ1n) is 8.19. The first-order valence-corrected chi connectivity index (χ1v) is 9.01. The summed E-state index contributed by atoms with van der Waals surface area (Å²) in [5.74, 6) is 0.0174. The predicted molar refractivity (Wildman–Crippen MR) is 96.1 cm³/mol. The maximum atomic E-state index is 12.6. The van der Waals surface area contributed by atoms with E-state index in [-0.39, 0.29) is 11.9 Å². The van der Waals surface area contributed by atoms with E-state index in [4.69, 9.17) is 9.72 Å². The van der Waals surface area contributed by atoms with Crippen LogP contribution in [0.1, 0.15) is 23.5 Å². The fourth-order valence-electron chi connectivity index (χ4n) is 2.82. The summed E-state index contributed by atoms with van der Waals surface area (Å²) < 4.78 is 5.59. The molecule has 3 rings (SSSR count). The Hall–Kier alpha value is -1.76. The van der Waals surface area contributed by atoms with E-state index in [0.29, 0.717) is 13.2 Å². The number of ether oxygens (including phenoxy) is 1. The Morgan fingerprint density at radius 2 is 2.17 bits per heavy atom. The molecule has 1 aromatic heterocycles. The normalized spacial score (nSPS) is 19.0. The fraction of sp³-hybridized carbons (Fsp3) is 0.444. The van der Waals surface area contributed by atoms with Gasteiger partial charge in [-0.05, 0) is 13.8 Å². The number of benzene rings is 1. The largest absolute Gasteiger partial charge is 0.366 e. The van der Waals surface area contributed by atoms with Crippen LogP contribution < -0.4 is 5.32 Å². The van der Waals surface area contributed by atoms with Crippen LogP contribution in [-0.2, 0) is 9.53 Å². The number of aromatic nitrogens is 1. The number of nitrogens with one attached hydrogen (secondary N) is 1. The molecule has 0 spiro atoms. The molecule has 1 N–H and O–H groups in total. The number of aryl methyl sites for hydroxylation is 1. The van der Waals surface area contributed by atoms with Gasteiger partial charge in [-0.25, -0.2) is 4.98 Å². The first kappa shape index (κ1) is 17.1. The van der Waals surface area contributed by atoms with Crippen LogP contribution in [-0.4, -0.2) is 48.6 Å². The molecular weight excluding hydrogens is 322 g/mol. The Bertz CT molecular complexity index is 696. The van der Waals surface area contributed by atoms with E-state index in [0.717, 1.165) is 27.7 Å². The SMILES string of the molecule is Cc1nc(-c2ccccc2)sc1C(C)N(C)C(=O)C1CNCCO1. The van der Waals surface area contributed by atoms with Crippen LogP contribution in [0.3, 0.4) is 0 Å². The smallest absolute Gasteiger partial charge is 0.253 e. The summed E-state index contributed by atoms with van der Waals surface area (Å²) in [7, 11) is 1.84. The maximum Gasteiger partial charge on any atom is 0.253 e. The lowest BCUT2D eigenvalue weighted by Gasteiger charge is -2.30. The molecule has 1 aromatic carbocycles. The number of hydrogen-bond donors (Lipinski definition) is 1. The van der Waals surface area contributed by atoms with Gasteiger partial charge in [0, 0.05) is 25.7 Å². The minimum absolute atomic E-state index is 0.0174. The standard InChI is InChI=1S/C18H23N3O2S/c1-12-16(24-17(20-12)14-7-5-4-6-8-14)13(2)21(3)18(22)15-11-19-9-10-23-15/h4-8,13,15,19H,9-11H2,1-3H3. The highest BCUT2D eigenvalue weighted by molar-refractivity contribution is 7.15. The lowest BCUT2D eigenvalue weighted by Crippen LogP contribution is -2.48. The average molecular weight is 345 g/mol. The second-order valence-electron chi connectivity index (χ2n) is 6.02. The van der Waals surface area contributed by atoms with Crippen LogP contribution in [0.15, 0.2) is 30.3 Å². The molecule has 0 radical (unpaired) electrons. The van der Waals surface area contributed by atoms with E-state index in [1.165, 1.54) is 0 Å². The minimum Gasteiger partial charge on any atom is -0.366 e. The topological polar surface area (TPSA) is 54.5 Å². The molecule has 128 valence electrons. The summed E-state index contributed by atoms with van der Waals surface area (Å²) in [6.07, 6.45) is -0.395. The molecule has 2 heterocycles. The Morgan fingerprint density at radius 1 is 1.42 bits per heavy atom. The van der Waals surface area contributed by atoms with Gasteiger partial charge >= 0.3 is 0 Å². The van der Waals surface area contributed by atoms with Gasteiger partial charge < -0.3 is 15.0 Å². The van der Waals surface area contributed by atoms with Crippen molar-refractivity contribution < 1.29 is 9.53 Å². The highest BCUT2D eigenvalue weighted by atomic mass is 32.1. The van der Waals surface area contributed by atoms with Crippen LogP contribution in [0.5, 0.6) is 0 Å². The number of likely N-dealkylation sites (N-methyl/N-ethyl adjacent to an activating group) is 1. The molecule has 1 fully saturated rings. The predicted octanol–water partition coefficient (Wildman–Crippen LogP) is 2.63. The van der Waals surface area contributed by atoms with E-state index in [1.54, 1.807) is 16.2 Å². The van der Waals surface area contributed by atoms with Gasteiger partial charge in [0.25, 0.3) is 5.91 Å². The van der Waals surface area contributed by atoms with Crippen molar-refractivity contribution in [3.05, 3.63) is 40.9 Å². The molecule has 1 saturated heterocycles. The number of amides is 1. The molecule has 0 bridgehead atoms. The monoisotopic (exact) mass is 345 g/mol. The van der Waals surface area contributed by atoms with Crippen molar-refractivity contribution in [2.24, 2.45) is 0 Å². The summed E-state index contributed by atoms with van der Waals surface area (Å²) in [4.78, 5) is 20.2. The van der Waals surface area contributed by atoms with Gasteiger partial charge in [0.05, 0.1) is 23.2 Å². The summed E-state index contributed by atoms with van der Waals surface area (Å²) in [5, 5.41) is 4.20. The molecule has 1 amide bonds. The average Bonchev–Trinajstić information content (AvgIpc) is 3.03. The van der Waals surface area contributed by atoms with Crippen molar-refractivity contribution in [1.82, 2.24) is 15.2 Å². The molecular formula is C18H23N3O2S.